The molecule has 2 fully saturated rings. The number of carbonyl (C=O) groups excluding carboxylic acids is 1. The highest BCUT2D eigenvalue weighted by molar-refractivity contribution is 5.91. The van der Waals surface area contributed by atoms with Gasteiger partial charge in [0.2, 0.25) is 5.91 Å². The Labute approximate surface area is 159 Å². The molecular weight excluding hydrogens is 340 g/mol. The van der Waals surface area contributed by atoms with Crippen molar-refractivity contribution in [3.05, 3.63) is 58.0 Å². The summed E-state index contributed by atoms with van der Waals surface area (Å²) in [6.45, 7) is 4.47. The highest BCUT2D eigenvalue weighted by Crippen LogP contribution is 2.48. The maximum atomic E-state index is 12.8. The lowest BCUT2D eigenvalue weighted by Crippen LogP contribution is -2.38. The van der Waals surface area contributed by atoms with Crippen LogP contribution < -0.4 is 15.8 Å². The summed E-state index contributed by atoms with van der Waals surface area (Å²) < 4.78 is 1.33. The number of benzene rings is 1. The molecule has 1 aromatic carbocycles. The van der Waals surface area contributed by atoms with Crippen LogP contribution in [0.2, 0.25) is 0 Å². The van der Waals surface area contributed by atoms with E-state index in [2.05, 4.69) is 46.5 Å². The number of aromatic nitrogens is 2. The van der Waals surface area contributed by atoms with Gasteiger partial charge in [-0.3, -0.25) is 9.59 Å². The zero-order chi connectivity index (χ0) is 19.0. The van der Waals surface area contributed by atoms with Crippen LogP contribution in [0.1, 0.15) is 30.4 Å². The van der Waals surface area contributed by atoms with E-state index in [-0.39, 0.29) is 16.9 Å². The van der Waals surface area contributed by atoms with Crippen molar-refractivity contribution in [1.82, 2.24) is 15.1 Å². The summed E-state index contributed by atoms with van der Waals surface area (Å²) in [6.07, 6.45) is 4.60. The molecule has 1 unspecified atom stereocenters. The van der Waals surface area contributed by atoms with Crippen molar-refractivity contribution < 1.29 is 4.79 Å². The zero-order valence-electron chi connectivity index (χ0n) is 15.9. The molecule has 6 heteroatoms. The van der Waals surface area contributed by atoms with Gasteiger partial charge in [-0.15, -0.1) is 0 Å². The van der Waals surface area contributed by atoms with Gasteiger partial charge in [0.05, 0.1) is 17.3 Å². The SMILES string of the molecule is Cc1ccc(C2(C(=O)NCC3CCN(c4cnn(C)c(=O)c4)C3)CC2)cc1. The highest BCUT2D eigenvalue weighted by atomic mass is 16.2. The molecule has 6 nitrogen and oxygen atoms in total. The molecule has 2 heterocycles. The third-order valence-electron chi connectivity index (χ3n) is 5.94. The van der Waals surface area contributed by atoms with Gasteiger partial charge in [0, 0.05) is 32.7 Å². The third kappa shape index (κ3) is 3.48. The molecule has 1 saturated carbocycles. The Morgan fingerprint density at radius 2 is 2.04 bits per heavy atom. The standard InChI is InChI=1S/C21H26N4O2/c1-15-3-5-17(6-4-15)21(8-9-21)20(27)22-12-16-7-10-25(14-16)18-11-19(26)24(2)23-13-18/h3-6,11,13,16H,7-10,12,14H2,1-2H3,(H,22,27). The Morgan fingerprint density at radius 3 is 2.70 bits per heavy atom. The minimum absolute atomic E-state index is 0.0991. The predicted molar refractivity (Wildman–Crippen MR) is 105 cm³/mol. The lowest BCUT2D eigenvalue weighted by molar-refractivity contribution is -0.123. The molecule has 2 aromatic rings. The van der Waals surface area contributed by atoms with E-state index >= 15 is 0 Å². The molecule has 27 heavy (non-hydrogen) atoms. The number of hydrogen-bond acceptors (Lipinski definition) is 4. The fraction of sp³-hybridized carbons (Fsp3) is 0.476. The number of nitrogens with one attached hydrogen (secondary N) is 1. The third-order valence-corrected chi connectivity index (χ3v) is 5.94. The van der Waals surface area contributed by atoms with Crippen LogP contribution in [-0.4, -0.2) is 35.3 Å². The summed E-state index contributed by atoms with van der Waals surface area (Å²) in [5.74, 6) is 0.548. The molecule has 1 amide bonds. The minimum atomic E-state index is -0.318. The number of amides is 1. The summed E-state index contributed by atoms with van der Waals surface area (Å²) in [4.78, 5) is 26.8. The first-order valence-electron chi connectivity index (χ1n) is 9.62. The zero-order valence-corrected chi connectivity index (χ0v) is 15.9. The van der Waals surface area contributed by atoms with Gasteiger partial charge in [-0.2, -0.15) is 5.10 Å². The van der Waals surface area contributed by atoms with E-state index < -0.39 is 0 Å². The molecule has 1 aromatic heterocycles. The Balaban J connectivity index is 1.34. The number of nitrogens with zero attached hydrogens (tertiary/aromatic N) is 3. The molecule has 4 rings (SSSR count). The minimum Gasteiger partial charge on any atom is -0.370 e. The second-order valence-corrected chi connectivity index (χ2v) is 7.93. The first-order chi connectivity index (χ1) is 13.0. The molecule has 1 N–H and O–H groups in total. The molecule has 1 atom stereocenters. The first-order valence-corrected chi connectivity index (χ1v) is 9.62. The van der Waals surface area contributed by atoms with Crippen LogP contribution in [-0.2, 0) is 17.3 Å². The van der Waals surface area contributed by atoms with Gasteiger partial charge in [-0.1, -0.05) is 29.8 Å². The van der Waals surface area contributed by atoms with Crippen molar-refractivity contribution in [2.24, 2.45) is 13.0 Å². The van der Waals surface area contributed by atoms with Gasteiger partial charge in [0.25, 0.3) is 5.56 Å². The van der Waals surface area contributed by atoms with Crippen molar-refractivity contribution >= 4 is 11.6 Å². The number of carbonyl (C=O) groups is 1. The number of aryl methyl sites for hydroxylation is 2. The number of rotatable bonds is 5. The average molecular weight is 366 g/mol. The largest absolute Gasteiger partial charge is 0.370 e. The number of hydrogen-bond donors (Lipinski definition) is 1. The molecule has 0 radical (unpaired) electrons. The molecule has 0 spiro atoms. The van der Waals surface area contributed by atoms with E-state index in [1.165, 1.54) is 10.2 Å². The summed E-state index contributed by atoms with van der Waals surface area (Å²) in [6, 6.07) is 9.96. The van der Waals surface area contributed by atoms with E-state index in [0.29, 0.717) is 12.5 Å². The van der Waals surface area contributed by atoms with Crippen LogP contribution >= 0.6 is 0 Å². The average Bonchev–Trinajstić information content (AvgIpc) is 3.34. The van der Waals surface area contributed by atoms with E-state index in [9.17, 15) is 9.59 Å². The molecule has 1 saturated heterocycles. The molecule has 1 aliphatic heterocycles. The van der Waals surface area contributed by atoms with Crippen LogP contribution in [0.15, 0.2) is 41.3 Å². The van der Waals surface area contributed by atoms with Gasteiger partial charge >= 0.3 is 0 Å². The Bertz CT molecular complexity index is 899. The smallest absolute Gasteiger partial charge is 0.268 e. The van der Waals surface area contributed by atoms with E-state index in [0.717, 1.165) is 43.6 Å². The van der Waals surface area contributed by atoms with Crippen LogP contribution in [0.3, 0.4) is 0 Å². The lowest BCUT2D eigenvalue weighted by Gasteiger charge is -2.20. The normalized spacial score (nSPS) is 20.5. The summed E-state index contributed by atoms with van der Waals surface area (Å²) in [7, 11) is 1.65. The summed E-state index contributed by atoms with van der Waals surface area (Å²) in [5.41, 5.74) is 2.79. The fourth-order valence-corrected chi connectivity index (χ4v) is 3.92. The topological polar surface area (TPSA) is 67.2 Å². The second kappa shape index (κ2) is 6.83. The quantitative estimate of drug-likeness (QED) is 0.876. The van der Waals surface area contributed by atoms with Gasteiger partial charge in [-0.05, 0) is 37.7 Å². The summed E-state index contributed by atoms with van der Waals surface area (Å²) in [5, 5.41) is 7.28. The Kier molecular flexibility index (Phi) is 4.50. The van der Waals surface area contributed by atoms with Crippen molar-refractivity contribution in [3.63, 3.8) is 0 Å². The fourth-order valence-electron chi connectivity index (χ4n) is 3.92. The second-order valence-electron chi connectivity index (χ2n) is 7.93. The van der Waals surface area contributed by atoms with Gasteiger partial charge in [0.15, 0.2) is 0 Å². The van der Waals surface area contributed by atoms with Crippen LogP contribution in [0.25, 0.3) is 0 Å². The lowest BCUT2D eigenvalue weighted by atomic mass is 9.94. The van der Waals surface area contributed by atoms with Crippen LogP contribution in [0, 0.1) is 12.8 Å². The van der Waals surface area contributed by atoms with Gasteiger partial charge < -0.3 is 10.2 Å². The van der Waals surface area contributed by atoms with E-state index in [1.807, 2.05) is 0 Å². The first kappa shape index (κ1) is 17.8. The van der Waals surface area contributed by atoms with Gasteiger partial charge in [-0.25, -0.2) is 4.68 Å². The molecule has 142 valence electrons. The van der Waals surface area contributed by atoms with E-state index in [4.69, 9.17) is 0 Å². The highest BCUT2D eigenvalue weighted by Gasteiger charge is 2.51. The molecular formula is C21H26N4O2. The van der Waals surface area contributed by atoms with Crippen molar-refractivity contribution in [2.75, 3.05) is 24.5 Å². The van der Waals surface area contributed by atoms with Crippen LogP contribution in [0.4, 0.5) is 5.69 Å². The van der Waals surface area contributed by atoms with Gasteiger partial charge in [0.1, 0.15) is 0 Å². The van der Waals surface area contributed by atoms with Crippen molar-refractivity contribution in [3.8, 4) is 0 Å². The number of anilines is 1. The predicted octanol–water partition coefficient (Wildman–Crippen LogP) is 1.76. The Hall–Kier alpha value is -2.63. The maximum absolute atomic E-state index is 12.8. The molecule has 0 bridgehead atoms. The molecule has 2 aliphatic rings. The van der Waals surface area contributed by atoms with Crippen molar-refractivity contribution in [1.29, 1.82) is 0 Å². The Morgan fingerprint density at radius 1 is 1.30 bits per heavy atom. The van der Waals surface area contributed by atoms with E-state index in [1.54, 1.807) is 19.3 Å². The monoisotopic (exact) mass is 366 g/mol. The molecule has 1 aliphatic carbocycles. The van der Waals surface area contributed by atoms with Crippen LogP contribution in [0.5, 0.6) is 0 Å². The summed E-state index contributed by atoms with van der Waals surface area (Å²) >= 11 is 0. The van der Waals surface area contributed by atoms with Crippen molar-refractivity contribution in [2.45, 2.75) is 31.6 Å². The maximum Gasteiger partial charge on any atom is 0.268 e.